The Balaban J connectivity index is 1.34. The number of aryl methyl sites for hydroxylation is 2. The number of benzene rings is 2. The molecule has 0 atom stereocenters. The Labute approximate surface area is 177 Å². The summed E-state index contributed by atoms with van der Waals surface area (Å²) in [5.74, 6) is 0.954. The van der Waals surface area contributed by atoms with E-state index >= 15 is 0 Å². The van der Waals surface area contributed by atoms with Crippen LogP contribution in [0.1, 0.15) is 17.9 Å². The molecule has 0 bridgehead atoms. The van der Waals surface area contributed by atoms with E-state index in [1.54, 1.807) is 12.3 Å². The highest BCUT2D eigenvalue weighted by molar-refractivity contribution is 7.14. The quantitative estimate of drug-likeness (QED) is 0.413. The SMILES string of the molecule is Cc1ccc(-c2csc(NC(=O)CCc3ncc(-c4ccccc4Cl)o3)n2)cc1. The van der Waals surface area contributed by atoms with Gasteiger partial charge in [-0.15, -0.1) is 11.3 Å². The molecule has 1 amide bonds. The molecule has 5 nitrogen and oxygen atoms in total. The Morgan fingerprint density at radius 3 is 2.76 bits per heavy atom. The fourth-order valence-corrected chi connectivity index (χ4v) is 3.77. The topological polar surface area (TPSA) is 68.0 Å². The number of aromatic nitrogens is 2. The summed E-state index contributed by atoms with van der Waals surface area (Å²) in [7, 11) is 0. The molecule has 4 aromatic rings. The molecule has 0 aliphatic carbocycles. The highest BCUT2D eigenvalue weighted by atomic mass is 35.5. The molecular formula is C22H18ClN3O2S. The number of nitrogens with zero attached hydrogens (tertiary/aromatic N) is 2. The van der Waals surface area contributed by atoms with Gasteiger partial charge in [0.2, 0.25) is 5.91 Å². The summed E-state index contributed by atoms with van der Waals surface area (Å²) in [6, 6.07) is 15.5. The maximum Gasteiger partial charge on any atom is 0.226 e. The zero-order valence-corrected chi connectivity index (χ0v) is 17.3. The van der Waals surface area contributed by atoms with E-state index in [4.69, 9.17) is 16.0 Å². The number of hydrogen-bond donors (Lipinski definition) is 1. The summed E-state index contributed by atoms with van der Waals surface area (Å²) in [4.78, 5) is 21.0. The van der Waals surface area contributed by atoms with Gasteiger partial charge in [-0.3, -0.25) is 4.79 Å². The van der Waals surface area contributed by atoms with E-state index in [0.29, 0.717) is 28.2 Å². The molecule has 0 saturated carbocycles. The lowest BCUT2D eigenvalue weighted by molar-refractivity contribution is -0.116. The number of amides is 1. The highest BCUT2D eigenvalue weighted by Crippen LogP contribution is 2.28. The summed E-state index contributed by atoms with van der Waals surface area (Å²) >= 11 is 7.59. The Hall–Kier alpha value is -2.96. The van der Waals surface area contributed by atoms with Crippen LogP contribution in [0.5, 0.6) is 0 Å². The van der Waals surface area contributed by atoms with Gasteiger partial charge in [-0.25, -0.2) is 9.97 Å². The van der Waals surface area contributed by atoms with Crippen LogP contribution >= 0.6 is 22.9 Å². The van der Waals surface area contributed by atoms with Crippen LogP contribution in [-0.4, -0.2) is 15.9 Å². The average Bonchev–Trinajstić information content (AvgIpc) is 3.37. The Morgan fingerprint density at radius 2 is 1.97 bits per heavy atom. The summed E-state index contributed by atoms with van der Waals surface area (Å²) < 4.78 is 5.73. The minimum atomic E-state index is -0.132. The third kappa shape index (κ3) is 4.72. The lowest BCUT2D eigenvalue weighted by Crippen LogP contribution is -2.12. The largest absolute Gasteiger partial charge is 0.441 e. The van der Waals surface area contributed by atoms with Crippen molar-refractivity contribution in [3.63, 3.8) is 0 Å². The summed E-state index contributed by atoms with van der Waals surface area (Å²) in [5.41, 5.74) is 3.85. The van der Waals surface area contributed by atoms with E-state index in [9.17, 15) is 4.79 Å². The predicted octanol–water partition coefficient (Wildman–Crippen LogP) is 6.00. The van der Waals surface area contributed by atoms with E-state index in [1.807, 2.05) is 54.8 Å². The third-order valence-electron chi connectivity index (χ3n) is 4.36. The molecule has 146 valence electrons. The molecule has 2 aromatic heterocycles. The van der Waals surface area contributed by atoms with Crippen molar-refractivity contribution < 1.29 is 9.21 Å². The predicted molar refractivity (Wildman–Crippen MR) is 116 cm³/mol. The second kappa shape index (κ2) is 8.59. The second-order valence-corrected chi connectivity index (χ2v) is 7.82. The van der Waals surface area contributed by atoms with Crippen LogP contribution in [0.15, 0.2) is 64.5 Å². The van der Waals surface area contributed by atoms with Crippen LogP contribution in [0.4, 0.5) is 5.13 Å². The molecule has 0 unspecified atom stereocenters. The monoisotopic (exact) mass is 423 g/mol. The molecule has 0 radical (unpaired) electrons. The van der Waals surface area contributed by atoms with Crippen LogP contribution in [0.2, 0.25) is 5.02 Å². The number of anilines is 1. The lowest BCUT2D eigenvalue weighted by atomic mass is 10.1. The Kier molecular flexibility index (Phi) is 5.74. The Bertz CT molecular complexity index is 1130. The first-order valence-electron chi connectivity index (χ1n) is 9.10. The molecule has 0 aliphatic heterocycles. The molecule has 0 saturated heterocycles. The summed E-state index contributed by atoms with van der Waals surface area (Å²) in [6.45, 7) is 2.04. The van der Waals surface area contributed by atoms with Crippen molar-refractivity contribution >= 4 is 34.0 Å². The minimum absolute atomic E-state index is 0.132. The summed E-state index contributed by atoms with van der Waals surface area (Å²) in [6.07, 6.45) is 2.28. The van der Waals surface area contributed by atoms with Gasteiger partial charge in [0.25, 0.3) is 0 Å². The molecule has 0 fully saturated rings. The van der Waals surface area contributed by atoms with Gasteiger partial charge >= 0.3 is 0 Å². The zero-order chi connectivity index (χ0) is 20.2. The van der Waals surface area contributed by atoms with Crippen molar-refractivity contribution in [2.24, 2.45) is 0 Å². The van der Waals surface area contributed by atoms with Gasteiger partial charge in [-0.1, -0.05) is 53.6 Å². The van der Waals surface area contributed by atoms with E-state index in [-0.39, 0.29) is 12.3 Å². The van der Waals surface area contributed by atoms with Crippen LogP contribution in [0.25, 0.3) is 22.6 Å². The number of nitrogens with one attached hydrogen (secondary N) is 1. The fraction of sp³-hybridized carbons (Fsp3) is 0.136. The number of halogens is 1. The fourth-order valence-electron chi connectivity index (χ4n) is 2.80. The number of oxazole rings is 1. The molecule has 1 N–H and O–H groups in total. The molecule has 0 spiro atoms. The van der Waals surface area contributed by atoms with Gasteiger partial charge in [0.15, 0.2) is 16.8 Å². The second-order valence-electron chi connectivity index (χ2n) is 6.55. The maximum atomic E-state index is 12.3. The number of thiazole rings is 1. The van der Waals surface area contributed by atoms with E-state index < -0.39 is 0 Å². The molecular weight excluding hydrogens is 406 g/mol. The van der Waals surface area contributed by atoms with Crippen molar-refractivity contribution in [1.29, 1.82) is 0 Å². The molecule has 0 aliphatic rings. The van der Waals surface area contributed by atoms with Gasteiger partial charge in [-0.05, 0) is 19.1 Å². The van der Waals surface area contributed by atoms with Crippen LogP contribution in [0.3, 0.4) is 0 Å². The van der Waals surface area contributed by atoms with Crippen LogP contribution in [-0.2, 0) is 11.2 Å². The maximum absolute atomic E-state index is 12.3. The molecule has 4 rings (SSSR count). The van der Waals surface area contributed by atoms with Gasteiger partial charge in [0.05, 0.1) is 16.9 Å². The molecule has 2 aromatic carbocycles. The summed E-state index contributed by atoms with van der Waals surface area (Å²) in [5, 5.41) is 5.95. The van der Waals surface area contributed by atoms with Gasteiger partial charge in [-0.2, -0.15) is 0 Å². The van der Waals surface area contributed by atoms with Crippen molar-refractivity contribution in [1.82, 2.24) is 9.97 Å². The molecule has 29 heavy (non-hydrogen) atoms. The average molecular weight is 424 g/mol. The van der Waals surface area contributed by atoms with Crippen molar-refractivity contribution in [2.75, 3.05) is 5.32 Å². The van der Waals surface area contributed by atoms with Crippen molar-refractivity contribution in [2.45, 2.75) is 19.8 Å². The standard InChI is InChI=1S/C22H18ClN3O2S/c1-14-6-8-15(9-7-14)18-13-29-22(25-18)26-20(27)10-11-21-24-12-19(28-21)16-4-2-3-5-17(16)23/h2-9,12-13H,10-11H2,1H3,(H,25,26,27). The van der Waals surface area contributed by atoms with Crippen molar-refractivity contribution in [3.8, 4) is 22.6 Å². The van der Waals surface area contributed by atoms with Gasteiger partial charge in [0.1, 0.15) is 0 Å². The van der Waals surface area contributed by atoms with Gasteiger partial charge < -0.3 is 9.73 Å². The smallest absolute Gasteiger partial charge is 0.226 e. The normalized spacial score (nSPS) is 10.8. The first-order valence-corrected chi connectivity index (χ1v) is 10.4. The third-order valence-corrected chi connectivity index (χ3v) is 5.44. The van der Waals surface area contributed by atoms with E-state index in [2.05, 4.69) is 15.3 Å². The zero-order valence-electron chi connectivity index (χ0n) is 15.7. The van der Waals surface area contributed by atoms with Crippen LogP contribution < -0.4 is 5.32 Å². The minimum Gasteiger partial charge on any atom is -0.441 e. The first kappa shape index (κ1) is 19.4. The van der Waals surface area contributed by atoms with E-state index in [0.717, 1.165) is 16.8 Å². The van der Waals surface area contributed by atoms with Crippen molar-refractivity contribution in [3.05, 3.63) is 76.6 Å². The molecule has 7 heteroatoms. The molecule has 2 heterocycles. The van der Waals surface area contributed by atoms with Gasteiger partial charge in [0, 0.05) is 29.3 Å². The Morgan fingerprint density at radius 1 is 1.17 bits per heavy atom. The number of rotatable bonds is 6. The van der Waals surface area contributed by atoms with E-state index in [1.165, 1.54) is 16.9 Å². The van der Waals surface area contributed by atoms with Crippen LogP contribution in [0, 0.1) is 6.92 Å². The number of carbonyl (C=O) groups is 1. The number of carbonyl (C=O) groups excluding carboxylic acids is 1. The highest BCUT2D eigenvalue weighted by Gasteiger charge is 2.12. The number of hydrogen-bond acceptors (Lipinski definition) is 5. The first-order chi connectivity index (χ1) is 14.1. The lowest BCUT2D eigenvalue weighted by Gasteiger charge is -2.01.